The molecule has 1 aromatic carbocycles. The van der Waals surface area contributed by atoms with Gasteiger partial charge in [-0.1, -0.05) is 19.8 Å². The molecule has 21 heavy (non-hydrogen) atoms. The van der Waals surface area contributed by atoms with Crippen molar-refractivity contribution in [3.8, 4) is 0 Å². The Morgan fingerprint density at radius 3 is 2.76 bits per heavy atom. The average molecular weight is 294 g/mol. The summed E-state index contributed by atoms with van der Waals surface area (Å²) < 4.78 is 13.4. The molecule has 1 saturated carbocycles. The van der Waals surface area contributed by atoms with E-state index in [-0.39, 0.29) is 17.2 Å². The van der Waals surface area contributed by atoms with Crippen LogP contribution in [0.1, 0.15) is 43.0 Å². The van der Waals surface area contributed by atoms with Gasteiger partial charge in [0.25, 0.3) is 5.91 Å². The molecule has 0 spiro atoms. The van der Waals surface area contributed by atoms with Gasteiger partial charge >= 0.3 is 5.97 Å². The van der Waals surface area contributed by atoms with Crippen molar-refractivity contribution in [2.75, 3.05) is 5.73 Å². The molecule has 6 heteroatoms. The minimum atomic E-state index is -1.27. The summed E-state index contributed by atoms with van der Waals surface area (Å²) in [6.07, 6.45) is 2.45. The molecule has 0 heterocycles. The maximum absolute atomic E-state index is 13.4. The van der Waals surface area contributed by atoms with Gasteiger partial charge in [0.15, 0.2) is 0 Å². The van der Waals surface area contributed by atoms with E-state index >= 15 is 0 Å². The Morgan fingerprint density at radius 2 is 2.19 bits per heavy atom. The average Bonchev–Trinajstić information content (AvgIpc) is 2.41. The summed E-state index contributed by atoms with van der Waals surface area (Å²) in [7, 11) is 0. The fourth-order valence-electron chi connectivity index (χ4n) is 2.87. The number of amides is 1. The largest absolute Gasteiger partial charge is 0.480 e. The second-order valence-corrected chi connectivity index (χ2v) is 5.78. The monoisotopic (exact) mass is 294 g/mol. The highest BCUT2D eigenvalue weighted by Gasteiger charge is 2.43. The predicted octanol–water partition coefficient (Wildman–Crippen LogP) is 2.17. The lowest BCUT2D eigenvalue weighted by molar-refractivity contribution is -0.146. The summed E-state index contributed by atoms with van der Waals surface area (Å²) in [5, 5.41) is 12.1. The van der Waals surface area contributed by atoms with Gasteiger partial charge in [-0.2, -0.15) is 0 Å². The first-order valence-electron chi connectivity index (χ1n) is 6.95. The van der Waals surface area contributed by atoms with Gasteiger partial charge in [-0.15, -0.1) is 0 Å². The van der Waals surface area contributed by atoms with Crippen LogP contribution in [0.25, 0.3) is 0 Å². The Kier molecular flexibility index (Phi) is 4.16. The molecule has 0 bridgehead atoms. The number of hydrogen-bond donors (Lipinski definition) is 3. The number of rotatable bonds is 3. The number of anilines is 1. The van der Waals surface area contributed by atoms with Gasteiger partial charge in [0.05, 0.1) is 5.69 Å². The van der Waals surface area contributed by atoms with E-state index in [2.05, 4.69) is 5.32 Å². The predicted molar refractivity (Wildman–Crippen MR) is 76.3 cm³/mol. The highest BCUT2D eigenvalue weighted by molar-refractivity contribution is 5.98. The molecule has 1 fully saturated rings. The van der Waals surface area contributed by atoms with Crippen molar-refractivity contribution in [3.63, 3.8) is 0 Å². The number of halogens is 1. The second-order valence-electron chi connectivity index (χ2n) is 5.78. The van der Waals surface area contributed by atoms with Crippen LogP contribution in [0.5, 0.6) is 0 Å². The van der Waals surface area contributed by atoms with Crippen LogP contribution in [0.4, 0.5) is 10.1 Å². The molecular formula is C15H19FN2O3. The van der Waals surface area contributed by atoms with Crippen LogP contribution in [-0.2, 0) is 4.79 Å². The summed E-state index contributed by atoms with van der Waals surface area (Å²) in [6, 6.07) is 3.70. The zero-order valence-corrected chi connectivity index (χ0v) is 11.9. The molecule has 2 unspecified atom stereocenters. The minimum Gasteiger partial charge on any atom is -0.480 e. The van der Waals surface area contributed by atoms with Crippen LogP contribution in [0.3, 0.4) is 0 Å². The topological polar surface area (TPSA) is 92.4 Å². The molecule has 0 aliphatic heterocycles. The number of aliphatic carboxylic acids is 1. The number of nitrogens with one attached hydrogen (secondary N) is 1. The molecule has 5 nitrogen and oxygen atoms in total. The fourth-order valence-corrected chi connectivity index (χ4v) is 2.87. The molecule has 1 aliphatic rings. The molecule has 2 rings (SSSR count). The summed E-state index contributed by atoms with van der Waals surface area (Å²) in [6.45, 7) is 1.96. The highest BCUT2D eigenvalue weighted by atomic mass is 19.1. The first-order chi connectivity index (χ1) is 9.84. The lowest BCUT2D eigenvalue weighted by Gasteiger charge is -2.37. The van der Waals surface area contributed by atoms with Crippen molar-refractivity contribution in [2.24, 2.45) is 5.92 Å². The molecule has 114 valence electrons. The summed E-state index contributed by atoms with van der Waals surface area (Å²) >= 11 is 0. The van der Waals surface area contributed by atoms with Gasteiger partial charge in [-0.3, -0.25) is 4.79 Å². The zero-order chi connectivity index (χ0) is 15.6. The van der Waals surface area contributed by atoms with Crippen molar-refractivity contribution in [1.29, 1.82) is 0 Å². The number of carboxylic acids is 1. The van der Waals surface area contributed by atoms with E-state index in [0.29, 0.717) is 12.8 Å². The number of carboxylic acid groups (broad SMARTS) is 1. The van der Waals surface area contributed by atoms with E-state index in [1.54, 1.807) is 0 Å². The number of carbonyl (C=O) groups is 2. The molecular weight excluding hydrogens is 275 g/mol. The van der Waals surface area contributed by atoms with Gasteiger partial charge in [0.2, 0.25) is 0 Å². The Balaban J connectivity index is 2.22. The number of benzene rings is 1. The van der Waals surface area contributed by atoms with Crippen LogP contribution in [0.2, 0.25) is 0 Å². The summed E-state index contributed by atoms with van der Waals surface area (Å²) in [5.74, 6) is -2.11. The molecule has 2 atom stereocenters. The molecule has 4 N–H and O–H groups in total. The van der Waals surface area contributed by atoms with E-state index in [0.717, 1.165) is 18.9 Å². The Morgan fingerprint density at radius 1 is 1.48 bits per heavy atom. The Hall–Kier alpha value is -2.11. The third-order valence-corrected chi connectivity index (χ3v) is 4.02. The Bertz CT molecular complexity index is 576. The van der Waals surface area contributed by atoms with Crippen LogP contribution in [0.15, 0.2) is 18.2 Å². The molecule has 0 aromatic heterocycles. The van der Waals surface area contributed by atoms with Gasteiger partial charge in [-0.25, -0.2) is 9.18 Å². The minimum absolute atomic E-state index is 0.0502. The number of hydrogen-bond acceptors (Lipinski definition) is 3. The molecule has 1 aromatic rings. The molecule has 0 radical (unpaired) electrons. The maximum atomic E-state index is 13.4. The maximum Gasteiger partial charge on any atom is 0.329 e. The number of nitrogens with two attached hydrogens (primary N) is 1. The van der Waals surface area contributed by atoms with Crippen molar-refractivity contribution in [1.82, 2.24) is 5.32 Å². The third kappa shape index (κ3) is 3.15. The molecule has 1 amide bonds. The van der Waals surface area contributed by atoms with Crippen LogP contribution in [-0.4, -0.2) is 22.5 Å². The van der Waals surface area contributed by atoms with Gasteiger partial charge < -0.3 is 16.2 Å². The van der Waals surface area contributed by atoms with Gasteiger partial charge in [0, 0.05) is 5.56 Å². The number of carbonyl (C=O) groups excluding carboxylic acids is 1. The van der Waals surface area contributed by atoms with E-state index in [9.17, 15) is 19.1 Å². The standard InChI is InChI=1S/C15H19FN2O3/c1-9-3-2-6-15(8-9,14(20)21)18-13(19)10-4-5-12(17)11(16)7-10/h4-5,7,9H,2-3,6,8,17H2,1H3,(H,18,19)(H,20,21). The second kappa shape index (κ2) is 5.71. The summed E-state index contributed by atoms with van der Waals surface area (Å²) in [4.78, 5) is 23.8. The highest BCUT2D eigenvalue weighted by Crippen LogP contribution is 2.33. The fraction of sp³-hybridized carbons (Fsp3) is 0.467. The Labute approximate surface area is 122 Å². The van der Waals surface area contributed by atoms with Crippen molar-refractivity contribution < 1.29 is 19.1 Å². The first kappa shape index (κ1) is 15.3. The lowest BCUT2D eigenvalue weighted by Crippen LogP contribution is -2.56. The quantitative estimate of drug-likeness (QED) is 0.745. The molecule has 0 saturated heterocycles. The third-order valence-electron chi connectivity index (χ3n) is 4.02. The van der Waals surface area contributed by atoms with E-state index in [1.807, 2.05) is 6.92 Å². The lowest BCUT2D eigenvalue weighted by atomic mass is 9.76. The van der Waals surface area contributed by atoms with Crippen LogP contribution >= 0.6 is 0 Å². The SMILES string of the molecule is CC1CCCC(NC(=O)c2ccc(N)c(F)c2)(C(=O)O)C1. The van der Waals surface area contributed by atoms with Crippen molar-refractivity contribution in [3.05, 3.63) is 29.6 Å². The van der Waals surface area contributed by atoms with Crippen LogP contribution in [0, 0.1) is 11.7 Å². The van der Waals surface area contributed by atoms with E-state index in [4.69, 9.17) is 5.73 Å². The van der Waals surface area contributed by atoms with Crippen LogP contribution < -0.4 is 11.1 Å². The smallest absolute Gasteiger partial charge is 0.329 e. The first-order valence-corrected chi connectivity index (χ1v) is 6.95. The zero-order valence-electron chi connectivity index (χ0n) is 11.9. The van der Waals surface area contributed by atoms with E-state index in [1.165, 1.54) is 12.1 Å². The van der Waals surface area contributed by atoms with E-state index < -0.39 is 23.2 Å². The molecule has 1 aliphatic carbocycles. The van der Waals surface area contributed by atoms with Gasteiger partial charge in [-0.05, 0) is 37.0 Å². The van der Waals surface area contributed by atoms with Crippen molar-refractivity contribution in [2.45, 2.75) is 38.1 Å². The number of nitrogen functional groups attached to an aromatic ring is 1. The van der Waals surface area contributed by atoms with Gasteiger partial charge in [0.1, 0.15) is 11.4 Å². The normalized spacial score (nSPS) is 25.3. The summed E-state index contributed by atoms with van der Waals surface area (Å²) in [5.41, 5.74) is 4.11. The van der Waals surface area contributed by atoms with Crippen molar-refractivity contribution >= 4 is 17.6 Å².